The Balaban J connectivity index is 1.10. The third-order valence-corrected chi connectivity index (χ3v) is 12.0. The summed E-state index contributed by atoms with van der Waals surface area (Å²) in [7, 11) is 0. The van der Waals surface area contributed by atoms with Gasteiger partial charge in [0.25, 0.3) is 0 Å². The third-order valence-electron chi connectivity index (χ3n) is 12.0. The van der Waals surface area contributed by atoms with Crippen molar-refractivity contribution in [2.45, 2.75) is 43.1 Å². The van der Waals surface area contributed by atoms with E-state index in [-0.39, 0.29) is 28.9 Å². The summed E-state index contributed by atoms with van der Waals surface area (Å²) in [6.45, 7) is -0.898. The summed E-state index contributed by atoms with van der Waals surface area (Å²) in [5.74, 6) is -6.22. The van der Waals surface area contributed by atoms with Crippen LogP contribution in [0.1, 0.15) is 62.1 Å². The lowest BCUT2D eigenvalue weighted by Crippen LogP contribution is -2.64. The molecule has 0 spiro atoms. The van der Waals surface area contributed by atoms with Crippen molar-refractivity contribution >= 4 is 35.8 Å². The minimum atomic E-state index is -1.76. The molecule has 9 rings (SSSR count). The first kappa shape index (κ1) is 48.4. The molecule has 1 fully saturated rings. The van der Waals surface area contributed by atoms with E-state index in [4.69, 9.17) is 42.6 Å². The number of benzene rings is 6. The number of hydrogen-bond acceptors (Lipinski definition) is 15. The van der Waals surface area contributed by atoms with E-state index < -0.39 is 97.4 Å². The highest BCUT2D eigenvalue weighted by atomic mass is 16.8. The van der Waals surface area contributed by atoms with E-state index in [0.29, 0.717) is 16.7 Å². The quantitative estimate of drug-likeness (QED) is 0.0511. The van der Waals surface area contributed by atoms with Gasteiger partial charge in [0.15, 0.2) is 18.3 Å². The van der Waals surface area contributed by atoms with Gasteiger partial charge in [0, 0.05) is 5.92 Å². The van der Waals surface area contributed by atoms with Gasteiger partial charge < -0.3 is 42.6 Å². The maximum absolute atomic E-state index is 14.2. The van der Waals surface area contributed by atoms with E-state index in [0.717, 1.165) is 0 Å². The van der Waals surface area contributed by atoms with Gasteiger partial charge in [-0.25, -0.2) is 28.8 Å². The first-order valence-electron chi connectivity index (χ1n) is 23.0. The molecule has 0 amide bonds. The Kier molecular flexibility index (Phi) is 15.3. The molecule has 6 aromatic carbocycles. The summed E-state index contributed by atoms with van der Waals surface area (Å²) in [6, 6.07) is 48.8. The van der Waals surface area contributed by atoms with E-state index in [2.05, 4.69) is 0 Å². The number of ether oxygens (including phenoxy) is 9. The number of fused-ring (bicyclic) bond motifs is 1. The van der Waals surface area contributed by atoms with Gasteiger partial charge in [-0.1, -0.05) is 109 Å². The van der Waals surface area contributed by atoms with Crippen LogP contribution < -0.4 is 0 Å². The van der Waals surface area contributed by atoms with E-state index in [1.54, 1.807) is 158 Å². The Morgan fingerprint density at radius 3 is 1.26 bits per heavy atom. The molecule has 15 heteroatoms. The van der Waals surface area contributed by atoms with Crippen LogP contribution in [0.3, 0.4) is 0 Å². The molecule has 0 unspecified atom stereocenters. The number of carbonyl (C=O) groups is 6. The average Bonchev–Trinajstić information content (AvgIpc) is 3.79. The standard InChI is InChI=1S/C57H46O15/c58-50(36-19-7-1-8-20-36)65-34-42-33-44(67-52(60)38-23-11-3-12-24-38)43-31-32-64-56(46(42)43)72-57-49(71-55(63)41-29-17-6-18-30-41)48(70-54(62)40-27-15-5-16-28-40)47(69-53(61)39-25-13-4-14-26-39)45(68-57)35-66-51(59)37-21-9-2-10-22-37/h1-33,43-49,56-57H,34-35H2/t43-,44+,45+,46+,47-,48-,49-,56+,57-/m0/s1. The van der Waals surface area contributed by atoms with Crippen molar-refractivity contribution in [3.05, 3.63) is 239 Å². The topological polar surface area (TPSA) is 185 Å². The van der Waals surface area contributed by atoms with E-state index >= 15 is 0 Å². The van der Waals surface area contributed by atoms with Gasteiger partial charge in [0.05, 0.1) is 45.6 Å². The number of esters is 6. The lowest BCUT2D eigenvalue weighted by atomic mass is 9.88. The minimum Gasteiger partial charge on any atom is -0.472 e. The summed E-state index contributed by atoms with van der Waals surface area (Å²) in [5, 5.41) is 0. The molecule has 2 aliphatic heterocycles. The zero-order valence-electron chi connectivity index (χ0n) is 38.3. The van der Waals surface area contributed by atoms with Crippen LogP contribution in [0, 0.1) is 11.8 Å². The molecule has 0 saturated carbocycles. The average molecular weight is 971 g/mol. The van der Waals surface area contributed by atoms with Gasteiger partial charge >= 0.3 is 35.8 Å². The normalized spacial score (nSPS) is 22.9. The van der Waals surface area contributed by atoms with Crippen molar-refractivity contribution in [3.63, 3.8) is 0 Å². The lowest BCUT2D eigenvalue weighted by molar-refractivity contribution is -0.337. The predicted octanol–water partition coefficient (Wildman–Crippen LogP) is 8.39. The van der Waals surface area contributed by atoms with Crippen molar-refractivity contribution < 1.29 is 71.4 Å². The Bertz CT molecular complexity index is 2900. The highest BCUT2D eigenvalue weighted by Gasteiger charge is 2.56. The summed E-state index contributed by atoms with van der Waals surface area (Å²) >= 11 is 0. The van der Waals surface area contributed by atoms with Gasteiger partial charge in [-0.15, -0.1) is 0 Å². The van der Waals surface area contributed by atoms with Crippen molar-refractivity contribution in [2.75, 3.05) is 13.2 Å². The predicted molar refractivity (Wildman–Crippen MR) is 255 cm³/mol. The smallest absolute Gasteiger partial charge is 0.338 e. The van der Waals surface area contributed by atoms with Gasteiger partial charge in [-0.05, 0) is 90.5 Å². The highest BCUT2D eigenvalue weighted by molar-refractivity contribution is 5.92. The highest BCUT2D eigenvalue weighted by Crippen LogP contribution is 2.43. The molecule has 6 aromatic rings. The molecule has 364 valence electrons. The third kappa shape index (κ3) is 11.5. The fraction of sp³-hybridized carbons (Fsp3) is 0.193. The fourth-order valence-electron chi connectivity index (χ4n) is 8.48. The van der Waals surface area contributed by atoms with E-state index in [1.165, 1.54) is 42.7 Å². The Morgan fingerprint density at radius 1 is 0.417 bits per heavy atom. The van der Waals surface area contributed by atoms with Crippen molar-refractivity contribution in [3.8, 4) is 0 Å². The summed E-state index contributed by atoms with van der Waals surface area (Å²) < 4.78 is 56.0. The van der Waals surface area contributed by atoms with Crippen LogP contribution in [-0.2, 0) is 42.6 Å². The molecule has 0 aromatic heterocycles. The molecule has 0 radical (unpaired) electrons. The van der Waals surface area contributed by atoms with Gasteiger partial charge in [-0.2, -0.15) is 0 Å². The minimum absolute atomic E-state index is 0.0975. The van der Waals surface area contributed by atoms with Crippen LogP contribution in [0.15, 0.2) is 206 Å². The molecule has 72 heavy (non-hydrogen) atoms. The molecule has 9 atom stereocenters. The Morgan fingerprint density at radius 2 is 0.806 bits per heavy atom. The summed E-state index contributed by atoms with van der Waals surface area (Å²) in [4.78, 5) is 82.9. The molecule has 15 nitrogen and oxygen atoms in total. The first-order valence-corrected chi connectivity index (χ1v) is 23.0. The van der Waals surface area contributed by atoms with Crippen LogP contribution in [-0.4, -0.2) is 92.1 Å². The Hall–Kier alpha value is -8.66. The monoisotopic (exact) mass is 970 g/mol. The van der Waals surface area contributed by atoms with Gasteiger partial charge in [-0.3, -0.25) is 0 Å². The second-order valence-electron chi connectivity index (χ2n) is 16.7. The molecule has 0 bridgehead atoms. The molecule has 3 aliphatic rings. The van der Waals surface area contributed by atoms with Crippen LogP contribution >= 0.6 is 0 Å². The second-order valence-corrected chi connectivity index (χ2v) is 16.7. The fourth-order valence-corrected chi connectivity index (χ4v) is 8.48. The molecule has 1 aliphatic carbocycles. The summed E-state index contributed by atoms with van der Waals surface area (Å²) in [6.07, 6.45) is -5.95. The van der Waals surface area contributed by atoms with Crippen LogP contribution in [0.25, 0.3) is 0 Å². The molecule has 1 saturated heterocycles. The van der Waals surface area contributed by atoms with Gasteiger partial charge in [0.2, 0.25) is 12.6 Å². The zero-order valence-corrected chi connectivity index (χ0v) is 38.3. The molecular weight excluding hydrogens is 925 g/mol. The lowest BCUT2D eigenvalue weighted by Gasteiger charge is -2.46. The van der Waals surface area contributed by atoms with E-state index in [1.807, 2.05) is 0 Å². The maximum atomic E-state index is 14.2. The SMILES string of the molecule is O=C(OCC1=C[C@@H](OC(=O)c2ccccc2)[C@@H]2C=CO[C@H](O[C@@H]3O[C@H](COC(=O)c4ccccc4)[C@H](OC(=O)c4ccccc4)[C@H](OC(=O)c4ccccc4)[C@@H]3OC(=O)c3ccccc3)[C@H]12)c1ccccc1. The molecule has 0 N–H and O–H groups in total. The number of carbonyl (C=O) groups excluding carboxylic acids is 6. The molecular formula is C57H46O15. The maximum Gasteiger partial charge on any atom is 0.338 e. The van der Waals surface area contributed by atoms with Crippen molar-refractivity contribution in [1.29, 1.82) is 0 Å². The van der Waals surface area contributed by atoms with Crippen molar-refractivity contribution in [2.24, 2.45) is 11.8 Å². The number of rotatable bonds is 16. The largest absolute Gasteiger partial charge is 0.472 e. The van der Waals surface area contributed by atoms with Crippen LogP contribution in [0.4, 0.5) is 0 Å². The second kappa shape index (κ2) is 22.8. The first-order chi connectivity index (χ1) is 35.2. The van der Waals surface area contributed by atoms with Crippen LogP contribution in [0.5, 0.6) is 0 Å². The molecule has 2 heterocycles. The van der Waals surface area contributed by atoms with Crippen LogP contribution in [0.2, 0.25) is 0 Å². The van der Waals surface area contributed by atoms with E-state index in [9.17, 15) is 28.8 Å². The summed E-state index contributed by atoms with van der Waals surface area (Å²) in [5.41, 5.74) is 1.54. The Labute approximate surface area is 413 Å². The van der Waals surface area contributed by atoms with Gasteiger partial charge in [0.1, 0.15) is 25.4 Å². The number of hydrogen-bond donors (Lipinski definition) is 0. The zero-order chi connectivity index (χ0) is 49.8. The van der Waals surface area contributed by atoms with Crippen molar-refractivity contribution in [1.82, 2.24) is 0 Å².